The van der Waals surface area contributed by atoms with Crippen molar-refractivity contribution in [2.24, 2.45) is 0 Å². The summed E-state index contributed by atoms with van der Waals surface area (Å²) >= 11 is 0. The van der Waals surface area contributed by atoms with Gasteiger partial charge in [-0.05, 0) is 37.8 Å². The number of aryl methyl sites for hydroxylation is 1. The van der Waals surface area contributed by atoms with E-state index in [9.17, 15) is 4.79 Å². The van der Waals surface area contributed by atoms with Gasteiger partial charge in [0, 0.05) is 19.1 Å². The highest BCUT2D eigenvalue weighted by Crippen LogP contribution is 2.24. The van der Waals surface area contributed by atoms with Gasteiger partial charge in [0.1, 0.15) is 6.61 Å². The van der Waals surface area contributed by atoms with Crippen LogP contribution < -0.4 is 0 Å². The number of benzene rings is 1. The van der Waals surface area contributed by atoms with Crippen LogP contribution in [0.4, 0.5) is 0 Å². The number of nitrogens with zero attached hydrogens (tertiary/aromatic N) is 1. The third-order valence-electron chi connectivity index (χ3n) is 4.47. The van der Waals surface area contributed by atoms with E-state index in [4.69, 9.17) is 18.9 Å². The number of esters is 1. The number of rotatable bonds is 7. The number of hydrogen-bond acceptors (Lipinski definition) is 6. The summed E-state index contributed by atoms with van der Waals surface area (Å²) in [5, 5.41) is 0.936. The minimum atomic E-state index is -0.402. The number of ether oxygens (including phenoxy) is 4. The molecule has 1 aliphatic rings. The normalized spacial score (nSPS) is 17.4. The van der Waals surface area contributed by atoms with Gasteiger partial charge in [-0.3, -0.25) is 0 Å². The van der Waals surface area contributed by atoms with Crippen molar-refractivity contribution < 1.29 is 23.7 Å². The summed E-state index contributed by atoms with van der Waals surface area (Å²) in [6, 6.07) is 7.73. The van der Waals surface area contributed by atoms with Gasteiger partial charge < -0.3 is 18.9 Å². The van der Waals surface area contributed by atoms with Crippen molar-refractivity contribution in [3.05, 3.63) is 41.1 Å². The molecule has 26 heavy (non-hydrogen) atoms. The third-order valence-corrected chi connectivity index (χ3v) is 4.47. The molecular weight excluding hydrogens is 334 g/mol. The van der Waals surface area contributed by atoms with Crippen molar-refractivity contribution in [2.75, 3.05) is 26.9 Å². The van der Waals surface area contributed by atoms with Crippen LogP contribution in [-0.4, -0.2) is 44.2 Å². The fraction of sp³-hybridized carbons (Fsp3) is 0.500. The molecule has 2 aromatic rings. The van der Waals surface area contributed by atoms with Gasteiger partial charge in [-0.25, -0.2) is 9.78 Å². The van der Waals surface area contributed by atoms with E-state index in [0.717, 1.165) is 42.3 Å². The molecule has 0 spiro atoms. The van der Waals surface area contributed by atoms with E-state index < -0.39 is 5.97 Å². The Labute approximate surface area is 153 Å². The minimum absolute atomic E-state index is 0.178. The number of fused-ring (bicyclic) bond motifs is 1. The first-order valence-corrected chi connectivity index (χ1v) is 8.98. The summed E-state index contributed by atoms with van der Waals surface area (Å²) in [6.45, 7) is 3.38. The lowest BCUT2D eigenvalue weighted by atomic mass is 10.0. The molecule has 2 heterocycles. The number of carbonyl (C=O) groups is 1. The van der Waals surface area contributed by atoms with E-state index in [-0.39, 0.29) is 19.5 Å². The fourth-order valence-electron chi connectivity index (χ4n) is 3.18. The Morgan fingerprint density at radius 1 is 1.27 bits per heavy atom. The van der Waals surface area contributed by atoms with Gasteiger partial charge in [0.25, 0.3) is 0 Å². The summed E-state index contributed by atoms with van der Waals surface area (Å²) in [6.07, 6.45) is 2.88. The second-order valence-electron chi connectivity index (χ2n) is 6.31. The average Bonchev–Trinajstić information content (AvgIpc) is 2.66. The van der Waals surface area contributed by atoms with Gasteiger partial charge in [0.05, 0.1) is 30.0 Å². The standard InChI is InChI=1S/C20H25NO5/c1-14-15-7-3-4-8-16(15)21-17(13-23-2)19(14)20(22)26-12-11-25-18-9-5-6-10-24-18/h3-4,7-8,18H,5-6,9-13H2,1-2H3/t18-/m0/s1. The largest absolute Gasteiger partial charge is 0.460 e. The summed E-state index contributed by atoms with van der Waals surface area (Å²) < 4.78 is 21.7. The molecule has 1 fully saturated rings. The quantitative estimate of drug-likeness (QED) is 0.558. The van der Waals surface area contributed by atoms with Crippen LogP contribution in [0.15, 0.2) is 24.3 Å². The molecule has 1 aromatic carbocycles. The van der Waals surface area contributed by atoms with Crippen LogP contribution in [-0.2, 0) is 25.6 Å². The lowest BCUT2D eigenvalue weighted by molar-refractivity contribution is -0.166. The van der Waals surface area contributed by atoms with Gasteiger partial charge in [-0.15, -0.1) is 0 Å². The molecule has 1 saturated heterocycles. The average molecular weight is 359 g/mol. The Hall–Kier alpha value is -2.02. The molecule has 0 amide bonds. The molecule has 0 N–H and O–H groups in total. The minimum Gasteiger partial charge on any atom is -0.460 e. The van der Waals surface area contributed by atoms with Crippen molar-refractivity contribution in [3.8, 4) is 0 Å². The molecule has 0 aliphatic carbocycles. The second-order valence-corrected chi connectivity index (χ2v) is 6.31. The Morgan fingerprint density at radius 2 is 2.12 bits per heavy atom. The Morgan fingerprint density at radius 3 is 2.88 bits per heavy atom. The SMILES string of the molecule is COCc1nc2ccccc2c(C)c1C(=O)OCCO[C@H]1CCCCO1. The summed E-state index contributed by atoms with van der Waals surface area (Å²) in [5.74, 6) is -0.402. The molecule has 1 aromatic heterocycles. The van der Waals surface area contributed by atoms with Crippen molar-refractivity contribution in [1.29, 1.82) is 0 Å². The van der Waals surface area contributed by atoms with Crippen LogP contribution in [0.2, 0.25) is 0 Å². The van der Waals surface area contributed by atoms with Crippen LogP contribution in [0, 0.1) is 6.92 Å². The first-order chi connectivity index (χ1) is 12.7. The number of methoxy groups -OCH3 is 1. The van der Waals surface area contributed by atoms with E-state index in [2.05, 4.69) is 4.98 Å². The third kappa shape index (κ3) is 4.38. The topological polar surface area (TPSA) is 66.9 Å². The van der Waals surface area contributed by atoms with Crippen molar-refractivity contribution in [1.82, 2.24) is 4.98 Å². The van der Waals surface area contributed by atoms with Crippen LogP contribution in [0.5, 0.6) is 0 Å². The van der Waals surface area contributed by atoms with Crippen LogP contribution >= 0.6 is 0 Å². The summed E-state index contributed by atoms with van der Waals surface area (Å²) in [4.78, 5) is 17.2. The molecule has 6 heteroatoms. The number of pyridine rings is 1. The van der Waals surface area contributed by atoms with E-state index in [0.29, 0.717) is 17.9 Å². The first-order valence-electron chi connectivity index (χ1n) is 8.98. The molecule has 3 rings (SSSR count). The Kier molecular flexibility index (Phi) is 6.55. The molecule has 0 saturated carbocycles. The Bertz CT molecular complexity index is 755. The second kappa shape index (κ2) is 9.07. The van der Waals surface area contributed by atoms with E-state index in [1.165, 1.54) is 0 Å². The number of para-hydroxylation sites is 1. The van der Waals surface area contributed by atoms with Gasteiger partial charge in [0.15, 0.2) is 6.29 Å². The molecule has 6 nitrogen and oxygen atoms in total. The summed E-state index contributed by atoms with van der Waals surface area (Å²) in [5.41, 5.74) is 2.75. The van der Waals surface area contributed by atoms with Crippen molar-refractivity contribution >= 4 is 16.9 Å². The van der Waals surface area contributed by atoms with E-state index in [1.54, 1.807) is 7.11 Å². The van der Waals surface area contributed by atoms with Gasteiger partial charge in [0.2, 0.25) is 0 Å². The first kappa shape index (κ1) is 18.8. The lowest BCUT2D eigenvalue weighted by Crippen LogP contribution is -2.24. The Balaban J connectivity index is 1.68. The number of hydrogen-bond donors (Lipinski definition) is 0. The molecule has 0 bridgehead atoms. The molecule has 1 aliphatic heterocycles. The van der Waals surface area contributed by atoms with E-state index >= 15 is 0 Å². The maximum Gasteiger partial charge on any atom is 0.340 e. The summed E-state index contributed by atoms with van der Waals surface area (Å²) in [7, 11) is 1.58. The number of aromatic nitrogens is 1. The highest BCUT2D eigenvalue weighted by atomic mass is 16.7. The molecule has 140 valence electrons. The molecular formula is C20H25NO5. The zero-order valence-electron chi connectivity index (χ0n) is 15.3. The monoisotopic (exact) mass is 359 g/mol. The predicted octanol–water partition coefficient (Wildman–Crippen LogP) is 3.39. The predicted molar refractivity (Wildman–Crippen MR) is 97.0 cm³/mol. The molecule has 0 radical (unpaired) electrons. The smallest absolute Gasteiger partial charge is 0.340 e. The van der Waals surface area contributed by atoms with Crippen LogP contribution in [0.3, 0.4) is 0 Å². The van der Waals surface area contributed by atoms with Crippen molar-refractivity contribution in [2.45, 2.75) is 39.1 Å². The van der Waals surface area contributed by atoms with Crippen molar-refractivity contribution in [3.63, 3.8) is 0 Å². The highest BCUT2D eigenvalue weighted by molar-refractivity contribution is 5.98. The van der Waals surface area contributed by atoms with Gasteiger partial charge in [-0.1, -0.05) is 18.2 Å². The number of carbonyl (C=O) groups excluding carboxylic acids is 1. The molecule has 0 unspecified atom stereocenters. The lowest BCUT2D eigenvalue weighted by Gasteiger charge is -2.22. The van der Waals surface area contributed by atoms with Gasteiger partial charge >= 0.3 is 5.97 Å². The fourth-order valence-corrected chi connectivity index (χ4v) is 3.18. The maximum absolute atomic E-state index is 12.7. The van der Waals surface area contributed by atoms with Crippen LogP contribution in [0.1, 0.15) is 40.9 Å². The zero-order valence-corrected chi connectivity index (χ0v) is 15.3. The highest BCUT2D eigenvalue weighted by Gasteiger charge is 2.20. The molecule has 1 atom stereocenters. The van der Waals surface area contributed by atoms with Crippen LogP contribution in [0.25, 0.3) is 10.9 Å². The maximum atomic E-state index is 12.7. The van der Waals surface area contributed by atoms with Gasteiger partial charge in [-0.2, -0.15) is 0 Å². The van der Waals surface area contributed by atoms with E-state index in [1.807, 2.05) is 31.2 Å². The zero-order chi connectivity index (χ0) is 18.4.